The Bertz CT molecular complexity index is 1230. The number of nitrogens with zero attached hydrogens (tertiary/aromatic N) is 2. The van der Waals surface area contributed by atoms with Crippen LogP contribution in [0.15, 0.2) is 48.5 Å². The van der Waals surface area contributed by atoms with E-state index < -0.39 is 17.5 Å². The second kappa shape index (κ2) is 9.13. The number of urea groups is 1. The number of aromatic amines is 1. The molecule has 5 rings (SSSR count). The number of hydrogen-bond donors (Lipinski definition) is 3. The zero-order valence-electron chi connectivity index (χ0n) is 19.0. The molecule has 176 valence electrons. The average Bonchev–Trinajstić information content (AvgIpc) is 3.37. The van der Waals surface area contributed by atoms with Crippen molar-refractivity contribution in [1.29, 1.82) is 0 Å². The quantitative estimate of drug-likeness (QED) is 0.453. The predicted molar refractivity (Wildman–Crippen MR) is 131 cm³/mol. The first-order chi connectivity index (χ1) is 16.5. The standard InChI is InChI=1S/C25H27N5O3S/c1-34-14-12-20(22-27-18-10-4-5-11-19(18)28-22)26-21(31)15-30-23(32)25(29-24(30)33)13-6-8-16-7-2-3-9-17(16)25/h2-5,7,9-11,20H,6,8,12-15H2,1H3,(H,26,31)(H,27,28)(H,29,33). The number of aromatic nitrogens is 2. The fourth-order valence-electron chi connectivity index (χ4n) is 4.99. The number of fused-ring (bicyclic) bond motifs is 3. The highest BCUT2D eigenvalue weighted by molar-refractivity contribution is 7.98. The highest BCUT2D eigenvalue weighted by atomic mass is 32.2. The van der Waals surface area contributed by atoms with E-state index in [1.165, 1.54) is 0 Å². The summed E-state index contributed by atoms with van der Waals surface area (Å²) in [6.45, 7) is -0.329. The van der Waals surface area contributed by atoms with E-state index in [1.54, 1.807) is 11.8 Å². The van der Waals surface area contributed by atoms with E-state index in [0.29, 0.717) is 18.7 Å². The topological polar surface area (TPSA) is 107 Å². The fraction of sp³-hybridized carbons (Fsp3) is 0.360. The monoisotopic (exact) mass is 477 g/mol. The number of benzene rings is 2. The van der Waals surface area contributed by atoms with Gasteiger partial charge in [0.2, 0.25) is 5.91 Å². The van der Waals surface area contributed by atoms with Gasteiger partial charge in [0, 0.05) is 0 Å². The zero-order valence-corrected chi connectivity index (χ0v) is 19.8. The molecule has 2 unspecified atom stereocenters. The van der Waals surface area contributed by atoms with E-state index in [1.807, 2.05) is 54.8 Å². The van der Waals surface area contributed by atoms with Gasteiger partial charge in [-0.3, -0.25) is 14.5 Å². The molecule has 2 atom stereocenters. The highest BCUT2D eigenvalue weighted by Crippen LogP contribution is 2.39. The number of nitrogens with one attached hydrogen (secondary N) is 3. The van der Waals surface area contributed by atoms with Crippen molar-refractivity contribution in [2.24, 2.45) is 0 Å². The smallest absolute Gasteiger partial charge is 0.325 e. The van der Waals surface area contributed by atoms with Crippen LogP contribution in [0.25, 0.3) is 11.0 Å². The van der Waals surface area contributed by atoms with Crippen molar-refractivity contribution in [2.45, 2.75) is 37.3 Å². The Hall–Kier alpha value is -3.33. The lowest BCUT2D eigenvalue weighted by atomic mass is 9.76. The molecule has 0 saturated carbocycles. The largest absolute Gasteiger partial charge is 0.345 e. The van der Waals surface area contributed by atoms with Crippen molar-refractivity contribution in [3.05, 3.63) is 65.5 Å². The van der Waals surface area contributed by atoms with Crippen molar-refractivity contribution < 1.29 is 14.4 Å². The summed E-state index contributed by atoms with van der Waals surface area (Å²) < 4.78 is 0. The number of thioether (sulfide) groups is 1. The lowest BCUT2D eigenvalue weighted by molar-refractivity contribution is -0.135. The lowest BCUT2D eigenvalue weighted by Gasteiger charge is -2.33. The third-order valence-corrected chi connectivity index (χ3v) is 7.28. The maximum Gasteiger partial charge on any atom is 0.325 e. The first kappa shape index (κ1) is 22.5. The van der Waals surface area contributed by atoms with Crippen LogP contribution < -0.4 is 10.6 Å². The van der Waals surface area contributed by atoms with Crippen LogP contribution in [0.1, 0.15) is 42.3 Å². The zero-order chi connectivity index (χ0) is 23.7. The number of imide groups is 1. The molecular weight excluding hydrogens is 450 g/mol. The Kier molecular flexibility index (Phi) is 6.03. The van der Waals surface area contributed by atoms with Crippen LogP contribution in [0.4, 0.5) is 4.79 Å². The van der Waals surface area contributed by atoms with E-state index in [-0.39, 0.29) is 18.5 Å². The van der Waals surface area contributed by atoms with Gasteiger partial charge < -0.3 is 15.6 Å². The molecule has 0 radical (unpaired) electrons. The van der Waals surface area contributed by atoms with Crippen LogP contribution in [-0.2, 0) is 21.5 Å². The molecule has 1 fully saturated rings. The van der Waals surface area contributed by atoms with Gasteiger partial charge in [-0.1, -0.05) is 36.4 Å². The van der Waals surface area contributed by atoms with E-state index in [4.69, 9.17) is 0 Å². The molecule has 1 saturated heterocycles. The van der Waals surface area contributed by atoms with Crippen LogP contribution in [0.3, 0.4) is 0 Å². The number of hydrogen-bond acceptors (Lipinski definition) is 5. The lowest BCUT2D eigenvalue weighted by Crippen LogP contribution is -2.47. The van der Waals surface area contributed by atoms with E-state index in [2.05, 4.69) is 20.6 Å². The minimum atomic E-state index is -1.08. The molecule has 4 amide bonds. The van der Waals surface area contributed by atoms with Crippen LogP contribution in [0.2, 0.25) is 0 Å². The molecule has 3 aromatic rings. The van der Waals surface area contributed by atoms with Crippen LogP contribution in [-0.4, -0.2) is 51.3 Å². The number of amides is 4. The molecule has 34 heavy (non-hydrogen) atoms. The first-order valence-electron chi connectivity index (χ1n) is 11.5. The molecule has 1 spiro atoms. The highest BCUT2D eigenvalue weighted by Gasteiger charge is 2.54. The Morgan fingerprint density at radius 1 is 1.21 bits per heavy atom. The van der Waals surface area contributed by atoms with Gasteiger partial charge in [0.15, 0.2) is 0 Å². The maximum absolute atomic E-state index is 13.5. The molecule has 9 heteroatoms. The number of H-pyrrole nitrogens is 1. The fourth-order valence-corrected chi connectivity index (χ4v) is 5.46. The van der Waals surface area contributed by atoms with Gasteiger partial charge in [-0.2, -0.15) is 11.8 Å². The van der Waals surface area contributed by atoms with Gasteiger partial charge in [-0.25, -0.2) is 9.78 Å². The molecule has 2 aliphatic rings. The molecule has 2 heterocycles. The minimum Gasteiger partial charge on any atom is -0.345 e. The van der Waals surface area contributed by atoms with Gasteiger partial charge in [0.25, 0.3) is 5.91 Å². The van der Waals surface area contributed by atoms with Gasteiger partial charge >= 0.3 is 6.03 Å². The molecule has 8 nitrogen and oxygen atoms in total. The van der Waals surface area contributed by atoms with Crippen molar-refractivity contribution in [3.63, 3.8) is 0 Å². The number of imidazole rings is 1. The summed E-state index contributed by atoms with van der Waals surface area (Å²) in [7, 11) is 0. The number of para-hydroxylation sites is 2. The molecule has 3 N–H and O–H groups in total. The third-order valence-electron chi connectivity index (χ3n) is 6.64. The molecule has 1 aliphatic carbocycles. The molecule has 1 aliphatic heterocycles. The average molecular weight is 478 g/mol. The molecule has 0 bridgehead atoms. The summed E-state index contributed by atoms with van der Waals surface area (Å²) in [5.41, 5.74) is 2.54. The Morgan fingerprint density at radius 2 is 2.00 bits per heavy atom. The Morgan fingerprint density at radius 3 is 2.82 bits per heavy atom. The molecule has 1 aromatic heterocycles. The minimum absolute atomic E-state index is 0.329. The van der Waals surface area contributed by atoms with Crippen LogP contribution >= 0.6 is 11.8 Å². The van der Waals surface area contributed by atoms with Gasteiger partial charge in [0.1, 0.15) is 17.9 Å². The van der Waals surface area contributed by atoms with Crippen LogP contribution in [0.5, 0.6) is 0 Å². The summed E-state index contributed by atoms with van der Waals surface area (Å²) in [5.74, 6) is 0.740. The second-order valence-corrected chi connectivity index (χ2v) is 9.76. The van der Waals surface area contributed by atoms with E-state index in [9.17, 15) is 14.4 Å². The maximum atomic E-state index is 13.5. The summed E-state index contributed by atoms with van der Waals surface area (Å²) in [5, 5.41) is 5.89. The summed E-state index contributed by atoms with van der Waals surface area (Å²) in [6, 6.07) is 14.5. The molecule has 2 aromatic carbocycles. The van der Waals surface area contributed by atoms with Crippen molar-refractivity contribution >= 4 is 40.6 Å². The molecular formula is C25H27N5O3S. The normalized spacial score (nSPS) is 20.4. The van der Waals surface area contributed by atoms with Crippen molar-refractivity contribution in [2.75, 3.05) is 18.6 Å². The first-order valence-corrected chi connectivity index (χ1v) is 12.9. The summed E-state index contributed by atoms with van der Waals surface area (Å²) in [6.07, 6.45) is 4.88. The Labute approximate surface area is 201 Å². The number of aryl methyl sites for hydroxylation is 1. The SMILES string of the molecule is CSCCC(NC(=O)CN1C(=O)NC2(CCCc3ccccc32)C1=O)c1nc2ccccc2[nH]1. The predicted octanol–water partition coefficient (Wildman–Crippen LogP) is 3.26. The van der Waals surface area contributed by atoms with Gasteiger partial charge in [-0.15, -0.1) is 0 Å². The van der Waals surface area contributed by atoms with Crippen LogP contribution in [0, 0.1) is 0 Å². The number of carbonyl (C=O) groups excluding carboxylic acids is 3. The second-order valence-electron chi connectivity index (χ2n) is 8.78. The van der Waals surface area contributed by atoms with Crippen molar-refractivity contribution in [1.82, 2.24) is 25.5 Å². The number of carbonyl (C=O) groups is 3. The van der Waals surface area contributed by atoms with E-state index in [0.717, 1.165) is 45.7 Å². The summed E-state index contributed by atoms with van der Waals surface area (Å²) >= 11 is 1.68. The van der Waals surface area contributed by atoms with Gasteiger partial charge in [0.05, 0.1) is 17.1 Å². The third kappa shape index (κ3) is 3.94. The Balaban J connectivity index is 1.34. The van der Waals surface area contributed by atoms with E-state index >= 15 is 0 Å². The van der Waals surface area contributed by atoms with Gasteiger partial charge in [-0.05, 0) is 61.0 Å². The van der Waals surface area contributed by atoms with Crippen molar-refractivity contribution in [3.8, 4) is 0 Å². The summed E-state index contributed by atoms with van der Waals surface area (Å²) in [4.78, 5) is 48.3. The number of rotatable bonds is 7.